The van der Waals surface area contributed by atoms with Gasteiger partial charge in [-0.25, -0.2) is 0 Å². The van der Waals surface area contributed by atoms with Gasteiger partial charge in [-0.05, 0) is 67.1 Å². The van der Waals surface area contributed by atoms with Crippen molar-refractivity contribution >= 4 is 17.2 Å². The Morgan fingerprint density at radius 1 is 0.943 bits per heavy atom. The van der Waals surface area contributed by atoms with Crippen LogP contribution in [0.3, 0.4) is 0 Å². The molecule has 35 heavy (non-hydrogen) atoms. The Hall–Kier alpha value is -4.59. The monoisotopic (exact) mass is 464 g/mol. The molecule has 0 saturated carbocycles. The summed E-state index contributed by atoms with van der Waals surface area (Å²) in [5, 5.41) is 16.2. The van der Waals surface area contributed by atoms with Crippen LogP contribution in [0.15, 0.2) is 85.2 Å². The zero-order valence-corrected chi connectivity index (χ0v) is 19.3. The molecule has 0 radical (unpaired) electrons. The second-order valence-electron chi connectivity index (χ2n) is 8.01. The minimum Gasteiger partial charge on any atom is -0.494 e. The molecule has 1 N–H and O–H groups in total. The van der Waals surface area contributed by atoms with Gasteiger partial charge in [-0.3, -0.25) is 9.78 Å². The summed E-state index contributed by atoms with van der Waals surface area (Å²) < 4.78 is 7.38. The molecule has 8 nitrogen and oxygen atoms in total. The van der Waals surface area contributed by atoms with Crippen LogP contribution in [0.1, 0.15) is 30.1 Å². The highest BCUT2D eigenvalue weighted by Crippen LogP contribution is 2.24. The molecule has 1 amide bonds. The summed E-state index contributed by atoms with van der Waals surface area (Å²) in [7, 11) is 0. The number of hydrogen-bond acceptors (Lipinski definition) is 6. The molecule has 3 heterocycles. The number of hydrogen-bond donors (Lipinski definition) is 1. The van der Waals surface area contributed by atoms with Crippen molar-refractivity contribution in [3.63, 3.8) is 0 Å². The lowest BCUT2D eigenvalue weighted by molar-refractivity contribution is 0.102. The van der Waals surface area contributed by atoms with Crippen LogP contribution in [-0.2, 0) is 0 Å². The van der Waals surface area contributed by atoms with Gasteiger partial charge in [0.1, 0.15) is 5.75 Å². The summed E-state index contributed by atoms with van der Waals surface area (Å²) in [4.78, 5) is 16.8. The van der Waals surface area contributed by atoms with Gasteiger partial charge in [-0.15, -0.1) is 10.2 Å². The number of benzene rings is 2. The molecular formula is C27H24N6O2. The second-order valence-corrected chi connectivity index (χ2v) is 8.01. The van der Waals surface area contributed by atoms with E-state index in [-0.39, 0.29) is 5.91 Å². The number of pyridine rings is 1. The third-order valence-corrected chi connectivity index (χ3v) is 5.50. The number of aromatic nitrogens is 5. The summed E-state index contributed by atoms with van der Waals surface area (Å²) in [5.41, 5.74) is 4.35. The predicted octanol–water partition coefficient (Wildman–Crippen LogP) is 5.28. The van der Waals surface area contributed by atoms with Crippen molar-refractivity contribution in [1.82, 2.24) is 24.8 Å². The number of nitrogens with zero attached hydrogens (tertiary/aromatic N) is 5. The van der Waals surface area contributed by atoms with Crippen molar-refractivity contribution in [2.24, 2.45) is 0 Å². The van der Waals surface area contributed by atoms with Gasteiger partial charge in [0, 0.05) is 34.8 Å². The summed E-state index contributed by atoms with van der Waals surface area (Å²) in [6.45, 7) is 2.79. The fourth-order valence-corrected chi connectivity index (χ4v) is 3.62. The fourth-order valence-electron chi connectivity index (χ4n) is 3.62. The molecular weight excluding hydrogens is 440 g/mol. The lowest BCUT2D eigenvalue weighted by atomic mass is 10.1. The number of unbranched alkanes of at least 4 members (excludes halogenated alkanes) is 1. The standard InChI is InChI=1S/C27H24N6O2/c1-2-3-17-35-23-9-7-20(8-10-23)27(34)29-22-6-4-5-21(18-22)24-11-12-25-30-31-26(33(25)32-24)19-13-15-28-16-14-19/h4-16,18H,2-3,17H2,1H3,(H,29,34). The van der Waals surface area contributed by atoms with E-state index in [0.717, 1.165) is 35.4 Å². The molecule has 0 unspecified atom stereocenters. The average molecular weight is 465 g/mol. The van der Waals surface area contributed by atoms with Gasteiger partial charge in [0.15, 0.2) is 11.5 Å². The van der Waals surface area contributed by atoms with Gasteiger partial charge in [0.25, 0.3) is 5.91 Å². The van der Waals surface area contributed by atoms with Gasteiger partial charge in [-0.1, -0.05) is 25.5 Å². The molecule has 0 spiro atoms. The van der Waals surface area contributed by atoms with E-state index in [0.29, 0.717) is 29.3 Å². The van der Waals surface area contributed by atoms with Crippen molar-refractivity contribution < 1.29 is 9.53 Å². The maximum atomic E-state index is 12.8. The normalized spacial score (nSPS) is 10.9. The molecule has 5 rings (SSSR count). The van der Waals surface area contributed by atoms with Crippen LogP contribution in [0, 0.1) is 0 Å². The fraction of sp³-hybridized carbons (Fsp3) is 0.148. The first-order valence-corrected chi connectivity index (χ1v) is 11.5. The third-order valence-electron chi connectivity index (χ3n) is 5.50. The molecule has 0 aliphatic carbocycles. The topological polar surface area (TPSA) is 94.3 Å². The minimum atomic E-state index is -0.190. The van der Waals surface area contributed by atoms with Gasteiger partial charge >= 0.3 is 0 Å². The Balaban J connectivity index is 1.35. The number of rotatable bonds is 8. The van der Waals surface area contributed by atoms with Crippen LogP contribution in [0.2, 0.25) is 0 Å². The Morgan fingerprint density at radius 3 is 2.57 bits per heavy atom. The largest absolute Gasteiger partial charge is 0.494 e. The smallest absolute Gasteiger partial charge is 0.255 e. The Morgan fingerprint density at radius 2 is 1.77 bits per heavy atom. The number of nitrogens with one attached hydrogen (secondary N) is 1. The van der Waals surface area contributed by atoms with E-state index < -0.39 is 0 Å². The van der Waals surface area contributed by atoms with Crippen molar-refractivity contribution in [2.75, 3.05) is 11.9 Å². The first kappa shape index (κ1) is 22.2. The maximum Gasteiger partial charge on any atom is 0.255 e. The van der Waals surface area contributed by atoms with Gasteiger partial charge in [0.2, 0.25) is 0 Å². The molecule has 0 bridgehead atoms. The van der Waals surface area contributed by atoms with E-state index in [1.54, 1.807) is 29.0 Å². The van der Waals surface area contributed by atoms with Crippen molar-refractivity contribution in [1.29, 1.82) is 0 Å². The molecule has 3 aromatic heterocycles. The number of amides is 1. The average Bonchev–Trinajstić information content (AvgIpc) is 3.33. The summed E-state index contributed by atoms with van der Waals surface area (Å²) in [6.07, 6.45) is 5.50. The zero-order chi connectivity index (χ0) is 24.0. The number of carbonyl (C=O) groups is 1. The molecule has 2 aromatic carbocycles. The molecule has 0 atom stereocenters. The van der Waals surface area contributed by atoms with E-state index in [9.17, 15) is 4.79 Å². The van der Waals surface area contributed by atoms with Gasteiger partial charge < -0.3 is 10.1 Å². The summed E-state index contributed by atoms with van der Waals surface area (Å²) in [6, 6.07) is 22.2. The molecule has 174 valence electrons. The number of ether oxygens (including phenoxy) is 1. The van der Waals surface area contributed by atoms with E-state index in [4.69, 9.17) is 9.84 Å². The van der Waals surface area contributed by atoms with Crippen LogP contribution < -0.4 is 10.1 Å². The summed E-state index contributed by atoms with van der Waals surface area (Å²) >= 11 is 0. The molecule has 0 saturated heterocycles. The first-order chi connectivity index (χ1) is 17.2. The number of carbonyl (C=O) groups excluding carboxylic acids is 1. The van der Waals surface area contributed by atoms with Gasteiger partial charge in [-0.2, -0.15) is 9.61 Å². The highest BCUT2D eigenvalue weighted by molar-refractivity contribution is 6.04. The second kappa shape index (κ2) is 10.1. The van der Waals surface area contributed by atoms with Crippen LogP contribution in [0.4, 0.5) is 5.69 Å². The zero-order valence-electron chi connectivity index (χ0n) is 19.3. The molecule has 5 aromatic rings. The predicted molar refractivity (Wildman–Crippen MR) is 134 cm³/mol. The highest BCUT2D eigenvalue weighted by Gasteiger charge is 2.12. The third kappa shape index (κ3) is 5.01. The Labute approximate surface area is 202 Å². The van der Waals surface area contributed by atoms with Crippen LogP contribution in [0.5, 0.6) is 5.75 Å². The molecule has 0 aliphatic heterocycles. The van der Waals surface area contributed by atoms with E-state index >= 15 is 0 Å². The molecule has 0 fully saturated rings. The SMILES string of the molecule is CCCCOc1ccc(C(=O)Nc2cccc(-c3ccc4nnc(-c5ccncc5)n4n3)c2)cc1. The van der Waals surface area contributed by atoms with Crippen molar-refractivity contribution in [3.8, 4) is 28.4 Å². The van der Waals surface area contributed by atoms with Crippen LogP contribution in [-0.4, -0.2) is 37.3 Å². The number of fused-ring (bicyclic) bond motifs is 1. The molecule has 8 heteroatoms. The van der Waals surface area contributed by atoms with Crippen molar-refractivity contribution in [2.45, 2.75) is 19.8 Å². The van der Waals surface area contributed by atoms with Crippen LogP contribution >= 0.6 is 0 Å². The molecule has 0 aliphatic rings. The van der Waals surface area contributed by atoms with Crippen LogP contribution in [0.25, 0.3) is 28.3 Å². The minimum absolute atomic E-state index is 0.190. The maximum absolute atomic E-state index is 12.8. The Bertz CT molecular complexity index is 1450. The number of anilines is 1. The van der Waals surface area contributed by atoms with E-state index in [1.165, 1.54) is 0 Å². The Kier molecular flexibility index (Phi) is 6.43. The first-order valence-electron chi connectivity index (χ1n) is 11.5. The lowest BCUT2D eigenvalue weighted by Gasteiger charge is -2.09. The lowest BCUT2D eigenvalue weighted by Crippen LogP contribution is -2.11. The van der Waals surface area contributed by atoms with Gasteiger partial charge in [0.05, 0.1) is 12.3 Å². The van der Waals surface area contributed by atoms with E-state index in [1.807, 2.05) is 60.7 Å². The quantitative estimate of drug-likeness (QED) is 0.314. The summed E-state index contributed by atoms with van der Waals surface area (Å²) in [5.74, 6) is 1.21. The van der Waals surface area contributed by atoms with E-state index in [2.05, 4.69) is 27.4 Å². The van der Waals surface area contributed by atoms with Crippen molar-refractivity contribution in [3.05, 3.63) is 90.8 Å². The highest BCUT2D eigenvalue weighted by atomic mass is 16.5.